The van der Waals surface area contributed by atoms with Crippen molar-refractivity contribution in [1.82, 2.24) is 20.1 Å². The van der Waals surface area contributed by atoms with E-state index in [1.54, 1.807) is 0 Å². The third kappa shape index (κ3) is 7.29. The molecule has 0 fully saturated rings. The summed E-state index contributed by atoms with van der Waals surface area (Å²) in [5.41, 5.74) is 0.892. The smallest absolute Gasteiger partial charge is 0.230 e. The molecule has 8 heteroatoms. The van der Waals surface area contributed by atoms with E-state index < -0.39 is 0 Å². The Morgan fingerprint density at radius 1 is 1.13 bits per heavy atom. The molecule has 3 aromatic rings. The zero-order chi connectivity index (χ0) is 22.1. The van der Waals surface area contributed by atoms with Crippen LogP contribution in [0.15, 0.2) is 59.8 Å². The molecule has 0 saturated carbocycles. The minimum Gasteiger partial charge on any atom is -0.486 e. The molecule has 0 aliphatic rings. The van der Waals surface area contributed by atoms with Crippen LogP contribution >= 0.6 is 23.4 Å². The fourth-order valence-electron chi connectivity index (χ4n) is 2.83. The van der Waals surface area contributed by atoms with Crippen molar-refractivity contribution in [2.24, 2.45) is 5.92 Å². The number of aromatic nitrogens is 3. The van der Waals surface area contributed by atoms with Gasteiger partial charge in [0.15, 0.2) is 11.0 Å². The van der Waals surface area contributed by atoms with Gasteiger partial charge in [0.1, 0.15) is 12.4 Å². The molecule has 31 heavy (non-hydrogen) atoms. The maximum atomic E-state index is 12.3. The van der Waals surface area contributed by atoms with Crippen LogP contribution in [0, 0.1) is 5.92 Å². The molecule has 1 amide bonds. The van der Waals surface area contributed by atoms with Gasteiger partial charge < -0.3 is 14.6 Å². The molecule has 0 atom stereocenters. The summed E-state index contributed by atoms with van der Waals surface area (Å²) in [6.07, 6.45) is 0.989. The molecule has 0 aliphatic heterocycles. The summed E-state index contributed by atoms with van der Waals surface area (Å²) in [6.45, 7) is 5.87. The largest absolute Gasteiger partial charge is 0.486 e. The minimum absolute atomic E-state index is 0.0783. The number of nitrogens with one attached hydrogen (secondary N) is 1. The van der Waals surface area contributed by atoms with E-state index in [1.807, 2.05) is 54.6 Å². The molecule has 3 rings (SSSR count). The van der Waals surface area contributed by atoms with Gasteiger partial charge in [-0.25, -0.2) is 0 Å². The van der Waals surface area contributed by atoms with Crippen molar-refractivity contribution in [2.75, 3.05) is 5.75 Å². The highest BCUT2D eigenvalue weighted by Gasteiger charge is 2.15. The molecule has 0 unspecified atom stereocenters. The van der Waals surface area contributed by atoms with Gasteiger partial charge in [-0.05, 0) is 36.1 Å². The Labute approximate surface area is 192 Å². The highest BCUT2D eigenvalue weighted by molar-refractivity contribution is 7.99. The lowest BCUT2D eigenvalue weighted by molar-refractivity contribution is -0.118. The summed E-state index contributed by atoms with van der Waals surface area (Å²) in [7, 11) is 0. The number of thioether (sulfide) groups is 1. The molecule has 1 aromatic heterocycles. The summed E-state index contributed by atoms with van der Waals surface area (Å²) in [5.74, 6) is 2.26. The Balaban J connectivity index is 1.59. The Bertz CT molecular complexity index is 979. The van der Waals surface area contributed by atoms with E-state index in [1.165, 1.54) is 11.8 Å². The predicted octanol–water partition coefficient (Wildman–Crippen LogP) is 4.97. The monoisotopic (exact) mass is 458 g/mol. The molecule has 1 heterocycles. The third-order valence-electron chi connectivity index (χ3n) is 4.60. The van der Waals surface area contributed by atoms with E-state index in [-0.39, 0.29) is 11.7 Å². The van der Waals surface area contributed by atoms with Crippen LogP contribution in [0.1, 0.15) is 31.7 Å². The number of ether oxygens (including phenoxy) is 1. The summed E-state index contributed by atoms with van der Waals surface area (Å²) >= 11 is 7.53. The van der Waals surface area contributed by atoms with E-state index >= 15 is 0 Å². The Hall–Kier alpha value is -2.51. The van der Waals surface area contributed by atoms with Crippen LogP contribution in [0.25, 0.3) is 0 Å². The molecule has 0 aliphatic carbocycles. The normalized spacial score (nSPS) is 11.0. The summed E-state index contributed by atoms with van der Waals surface area (Å²) in [5, 5.41) is 12.9. The molecular formula is C23H27ClN4O2S. The fraction of sp³-hybridized carbons (Fsp3) is 0.348. The Morgan fingerprint density at radius 2 is 1.87 bits per heavy atom. The van der Waals surface area contributed by atoms with E-state index in [4.69, 9.17) is 16.3 Å². The SMILES string of the molecule is CC(C)CCn1c(COc2ccccc2)nnc1SCC(=O)NCc1ccccc1Cl. The van der Waals surface area contributed by atoms with Crippen molar-refractivity contribution >= 4 is 29.3 Å². The van der Waals surface area contributed by atoms with Crippen molar-refractivity contribution in [3.05, 3.63) is 71.0 Å². The van der Waals surface area contributed by atoms with Gasteiger partial charge in [-0.1, -0.05) is 73.6 Å². The molecule has 1 N–H and O–H groups in total. The van der Waals surface area contributed by atoms with Gasteiger partial charge >= 0.3 is 0 Å². The first-order valence-electron chi connectivity index (χ1n) is 10.3. The average Bonchev–Trinajstić information content (AvgIpc) is 3.16. The van der Waals surface area contributed by atoms with Gasteiger partial charge in [0.25, 0.3) is 0 Å². The first-order chi connectivity index (χ1) is 15.0. The van der Waals surface area contributed by atoms with E-state index in [2.05, 4.69) is 33.9 Å². The lowest BCUT2D eigenvalue weighted by atomic mass is 10.1. The quantitative estimate of drug-likeness (QED) is 0.411. The van der Waals surface area contributed by atoms with Crippen LogP contribution < -0.4 is 10.1 Å². The maximum Gasteiger partial charge on any atom is 0.230 e. The van der Waals surface area contributed by atoms with Crippen molar-refractivity contribution < 1.29 is 9.53 Å². The third-order valence-corrected chi connectivity index (χ3v) is 5.94. The number of halogens is 1. The standard InChI is InChI=1S/C23H27ClN4O2S/c1-17(2)12-13-28-21(15-30-19-9-4-3-5-10-19)26-27-23(28)31-16-22(29)25-14-18-8-6-7-11-20(18)24/h3-11,17H,12-16H2,1-2H3,(H,25,29). The topological polar surface area (TPSA) is 69.0 Å². The number of hydrogen-bond acceptors (Lipinski definition) is 5. The maximum absolute atomic E-state index is 12.3. The van der Waals surface area contributed by atoms with E-state index in [0.717, 1.165) is 35.3 Å². The highest BCUT2D eigenvalue weighted by atomic mass is 35.5. The number of rotatable bonds is 11. The summed E-state index contributed by atoms with van der Waals surface area (Å²) in [4.78, 5) is 12.3. The van der Waals surface area contributed by atoms with Gasteiger partial charge in [0, 0.05) is 18.1 Å². The fourth-order valence-corrected chi connectivity index (χ4v) is 3.84. The molecule has 0 radical (unpaired) electrons. The Kier molecular flexibility index (Phi) is 8.79. The van der Waals surface area contributed by atoms with Gasteiger partial charge in [-0.2, -0.15) is 0 Å². The van der Waals surface area contributed by atoms with Crippen LogP contribution in [0.3, 0.4) is 0 Å². The number of carbonyl (C=O) groups is 1. The zero-order valence-corrected chi connectivity index (χ0v) is 19.3. The summed E-state index contributed by atoms with van der Waals surface area (Å²) < 4.78 is 7.90. The first-order valence-corrected chi connectivity index (χ1v) is 11.6. The summed E-state index contributed by atoms with van der Waals surface area (Å²) in [6, 6.07) is 17.1. The number of hydrogen-bond donors (Lipinski definition) is 1. The second-order valence-corrected chi connectivity index (χ2v) is 8.84. The minimum atomic E-state index is -0.0783. The molecule has 164 valence electrons. The van der Waals surface area contributed by atoms with Crippen LogP contribution in [-0.2, 0) is 24.5 Å². The van der Waals surface area contributed by atoms with Crippen molar-refractivity contribution in [3.63, 3.8) is 0 Å². The number of benzene rings is 2. The molecule has 0 bridgehead atoms. The van der Waals surface area contributed by atoms with Crippen LogP contribution in [-0.4, -0.2) is 26.4 Å². The number of nitrogens with zero attached hydrogens (tertiary/aromatic N) is 3. The number of amides is 1. The van der Waals surface area contributed by atoms with Gasteiger partial charge in [-0.3, -0.25) is 4.79 Å². The van der Waals surface area contributed by atoms with Crippen LogP contribution in [0.5, 0.6) is 5.75 Å². The average molecular weight is 459 g/mol. The van der Waals surface area contributed by atoms with Crippen LogP contribution in [0.2, 0.25) is 5.02 Å². The predicted molar refractivity (Wildman–Crippen MR) is 124 cm³/mol. The second kappa shape index (κ2) is 11.8. The second-order valence-electron chi connectivity index (χ2n) is 7.49. The number of para-hydroxylation sites is 1. The lowest BCUT2D eigenvalue weighted by Crippen LogP contribution is -2.25. The lowest BCUT2D eigenvalue weighted by Gasteiger charge is -2.12. The Morgan fingerprint density at radius 3 is 2.61 bits per heavy atom. The molecule has 0 spiro atoms. The first kappa shape index (κ1) is 23.2. The van der Waals surface area contributed by atoms with Crippen LogP contribution in [0.4, 0.5) is 0 Å². The molecule has 0 saturated heterocycles. The molecule has 2 aromatic carbocycles. The van der Waals surface area contributed by atoms with Crippen molar-refractivity contribution in [1.29, 1.82) is 0 Å². The highest BCUT2D eigenvalue weighted by Crippen LogP contribution is 2.20. The zero-order valence-electron chi connectivity index (χ0n) is 17.8. The van der Waals surface area contributed by atoms with Gasteiger partial charge in [0.2, 0.25) is 5.91 Å². The van der Waals surface area contributed by atoms with Crippen molar-refractivity contribution in [2.45, 2.75) is 45.1 Å². The van der Waals surface area contributed by atoms with E-state index in [9.17, 15) is 4.79 Å². The van der Waals surface area contributed by atoms with Gasteiger partial charge in [0.05, 0.1) is 5.75 Å². The molecular weight excluding hydrogens is 432 g/mol. The molecule has 6 nitrogen and oxygen atoms in total. The van der Waals surface area contributed by atoms with Gasteiger partial charge in [-0.15, -0.1) is 10.2 Å². The van der Waals surface area contributed by atoms with E-state index in [0.29, 0.717) is 24.1 Å². The number of carbonyl (C=O) groups excluding carboxylic acids is 1. The van der Waals surface area contributed by atoms with Crippen molar-refractivity contribution in [3.8, 4) is 5.75 Å².